The van der Waals surface area contributed by atoms with E-state index in [9.17, 15) is 9.59 Å². The van der Waals surface area contributed by atoms with Crippen LogP contribution in [-0.2, 0) is 22.4 Å². The van der Waals surface area contributed by atoms with Crippen LogP contribution in [0.2, 0.25) is 0 Å². The standard InChI is InChI=1S/C21H22N4O2S/c1-15(26)23-18-5-3-4-17(12-18)21-24-19(14-28-21)13-20(27)25(2)11-8-16-6-9-22-10-7-16/h3-7,9-10,12,14H,8,11,13H2,1-2H3,(H,23,26). The number of likely N-dealkylation sites (N-methyl/N-ethyl adjacent to an activating group) is 1. The summed E-state index contributed by atoms with van der Waals surface area (Å²) < 4.78 is 0. The number of hydrogen-bond acceptors (Lipinski definition) is 5. The van der Waals surface area contributed by atoms with Crippen LogP contribution in [0.5, 0.6) is 0 Å². The molecule has 0 saturated heterocycles. The third-order valence-electron chi connectivity index (χ3n) is 4.22. The highest BCUT2D eigenvalue weighted by molar-refractivity contribution is 7.13. The van der Waals surface area contributed by atoms with Crippen LogP contribution in [0.1, 0.15) is 18.2 Å². The largest absolute Gasteiger partial charge is 0.345 e. The molecule has 2 amide bonds. The van der Waals surface area contributed by atoms with Gasteiger partial charge in [-0.3, -0.25) is 14.6 Å². The van der Waals surface area contributed by atoms with Crippen LogP contribution >= 0.6 is 11.3 Å². The minimum Gasteiger partial charge on any atom is -0.345 e. The van der Waals surface area contributed by atoms with E-state index >= 15 is 0 Å². The highest BCUT2D eigenvalue weighted by Crippen LogP contribution is 2.26. The first-order chi connectivity index (χ1) is 13.5. The molecule has 0 aliphatic heterocycles. The minimum absolute atomic E-state index is 0.0397. The molecule has 0 atom stereocenters. The predicted octanol–water partition coefficient (Wildman–Crippen LogP) is 3.41. The monoisotopic (exact) mass is 394 g/mol. The molecule has 2 heterocycles. The van der Waals surface area contributed by atoms with E-state index < -0.39 is 0 Å². The minimum atomic E-state index is -0.114. The van der Waals surface area contributed by atoms with Gasteiger partial charge in [-0.15, -0.1) is 11.3 Å². The van der Waals surface area contributed by atoms with Gasteiger partial charge in [0, 0.05) is 49.5 Å². The Hall–Kier alpha value is -3.06. The first-order valence-electron chi connectivity index (χ1n) is 8.96. The second-order valence-corrected chi connectivity index (χ2v) is 7.36. The van der Waals surface area contributed by atoms with Crippen molar-refractivity contribution in [3.63, 3.8) is 0 Å². The Labute approximate surface area is 168 Å². The Kier molecular flexibility index (Phi) is 6.49. The summed E-state index contributed by atoms with van der Waals surface area (Å²) in [6.07, 6.45) is 4.58. The number of pyridine rings is 1. The van der Waals surface area contributed by atoms with Gasteiger partial charge in [0.2, 0.25) is 11.8 Å². The van der Waals surface area contributed by atoms with Crippen LogP contribution < -0.4 is 5.32 Å². The molecule has 1 N–H and O–H groups in total. The van der Waals surface area contributed by atoms with E-state index in [0.717, 1.165) is 33.9 Å². The van der Waals surface area contributed by atoms with Crippen molar-refractivity contribution in [2.75, 3.05) is 18.9 Å². The van der Waals surface area contributed by atoms with E-state index in [1.54, 1.807) is 17.3 Å². The van der Waals surface area contributed by atoms with Crippen LogP contribution in [0.3, 0.4) is 0 Å². The van der Waals surface area contributed by atoms with Crippen molar-refractivity contribution in [2.24, 2.45) is 0 Å². The van der Waals surface area contributed by atoms with Crippen molar-refractivity contribution in [2.45, 2.75) is 19.8 Å². The summed E-state index contributed by atoms with van der Waals surface area (Å²) in [5, 5.41) is 5.51. The highest BCUT2D eigenvalue weighted by Gasteiger charge is 2.13. The van der Waals surface area contributed by atoms with E-state index in [-0.39, 0.29) is 18.2 Å². The molecule has 0 bridgehead atoms. The molecule has 2 aromatic heterocycles. The molecule has 0 unspecified atom stereocenters. The summed E-state index contributed by atoms with van der Waals surface area (Å²) in [5.74, 6) is -0.0738. The van der Waals surface area contributed by atoms with Crippen LogP contribution in [-0.4, -0.2) is 40.3 Å². The molecule has 0 radical (unpaired) electrons. The Balaban J connectivity index is 1.59. The molecular formula is C21H22N4O2S. The fourth-order valence-corrected chi connectivity index (χ4v) is 3.53. The van der Waals surface area contributed by atoms with Gasteiger partial charge in [0.1, 0.15) is 5.01 Å². The van der Waals surface area contributed by atoms with Gasteiger partial charge in [0.25, 0.3) is 0 Å². The summed E-state index contributed by atoms with van der Waals surface area (Å²) in [7, 11) is 1.81. The summed E-state index contributed by atoms with van der Waals surface area (Å²) >= 11 is 1.49. The molecule has 0 fully saturated rings. The molecule has 1 aromatic carbocycles. The van der Waals surface area contributed by atoms with Crippen LogP contribution in [0.15, 0.2) is 54.2 Å². The summed E-state index contributed by atoms with van der Waals surface area (Å²) in [4.78, 5) is 34.0. The van der Waals surface area contributed by atoms with Crippen LogP contribution in [0, 0.1) is 0 Å². The lowest BCUT2D eigenvalue weighted by molar-refractivity contribution is -0.129. The highest BCUT2D eigenvalue weighted by atomic mass is 32.1. The van der Waals surface area contributed by atoms with Crippen molar-refractivity contribution >= 4 is 28.8 Å². The normalized spacial score (nSPS) is 10.5. The number of rotatable bonds is 7. The lowest BCUT2D eigenvalue weighted by Gasteiger charge is -2.16. The summed E-state index contributed by atoms with van der Waals surface area (Å²) in [6, 6.07) is 11.4. The number of nitrogens with one attached hydrogen (secondary N) is 1. The summed E-state index contributed by atoms with van der Waals surface area (Å²) in [6.45, 7) is 2.13. The lowest BCUT2D eigenvalue weighted by atomic mass is 10.2. The third-order valence-corrected chi connectivity index (χ3v) is 5.17. The Morgan fingerprint density at radius 2 is 1.96 bits per heavy atom. The first-order valence-corrected chi connectivity index (χ1v) is 9.84. The van der Waals surface area contributed by atoms with Crippen molar-refractivity contribution in [1.29, 1.82) is 0 Å². The van der Waals surface area contributed by atoms with Gasteiger partial charge in [-0.25, -0.2) is 4.98 Å². The predicted molar refractivity (Wildman–Crippen MR) is 111 cm³/mol. The van der Waals surface area contributed by atoms with Gasteiger partial charge in [0.15, 0.2) is 0 Å². The number of hydrogen-bond donors (Lipinski definition) is 1. The second kappa shape index (κ2) is 9.23. The van der Waals surface area contributed by atoms with E-state index in [0.29, 0.717) is 6.54 Å². The van der Waals surface area contributed by atoms with Crippen molar-refractivity contribution < 1.29 is 9.59 Å². The zero-order valence-corrected chi connectivity index (χ0v) is 16.7. The molecule has 3 aromatic rings. The van der Waals surface area contributed by atoms with E-state index in [2.05, 4.69) is 15.3 Å². The molecular weight excluding hydrogens is 372 g/mol. The average Bonchev–Trinajstić information content (AvgIpc) is 3.15. The van der Waals surface area contributed by atoms with Gasteiger partial charge >= 0.3 is 0 Å². The van der Waals surface area contributed by atoms with Crippen molar-refractivity contribution in [3.05, 3.63) is 65.4 Å². The fourth-order valence-electron chi connectivity index (χ4n) is 2.71. The van der Waals surface area contributed by atoms with Crippen LogP contribution in [0.25, 0.3) is 10.6 Å². The molecule has 144 valence electrons. The molecule has 0 aliphatic rings. The maximum absolute atomic E-state index is 12.5. The SMILES string of the molecule is CC(=O)Nc1cccc(-c2nc(CC(=O)N(C)CCc3ccncc3)cs2)c1. The number of aromatic nitrogens is 2. The maximum Gasteiger partial charge on any atom is 0.228 e. The number of carbonyl (C=O) groups excluding carboxylic acids is 2. The Bertz CT molecular complexity index is 956. The quantitative estimate of drug-likeness (QED) is 0.666. The molecule has 0 saturated carbocycles. The molecule has 6 nitrogen and oxygen atoms in total. The van der Waals surface area contributed by atoms with E-state index in [1.165, 1.54) is 18.3 Å². The summed E-state index contributed by atoms with van der Waals surface area (Å²) in [5.41, 5.74) is 3.56. The molecule has 28 heavy (non-hydrogen) atoms. The maximum atomic E-state index is 12.5. The molecule has 0 spiro atoms. The lowest BCUT2D eigenvalue weighted by Crippen LogP contribution is -2.30. The number of nitrogens with zero attached hydrogens (tertiary/aromatic N) is 3. The van der Waals surface area contributed by atoms with Gasteiger partial charge in [-0.05, 0) is 36.2 Å². The van der Waals surface area contributed by atoms with Gasteiger partial charge < -0.3 is 10.2 Å². The van der Waals surface area contributed by atoms with E-state index in [4.69, 9.17) is 0 Å². The van der Waals surface area contributed by atoms with Crippen molar-refractivity contribution in [1.82, 2.24) is 14.9 Å². The fraction of sp³-hybridized carbons (Fsp3) is 0.238. The van der Waals surface area contributed by atoms with Gasteiger partial charge in [0.05, 0.1) is 12.1 Å². The number of thiazole rings is 1. The van der Waals surface area contributed by atoms with Crippen LogP contribution in [0.4, 0.5) is 5.69 Å². The average molecular weight is 395 g/mol. The third kappa shape index (κ3) is 5.47. The van der Waals surface area contributed by atoms with E-state index in [1.807, 2.05) is 48.8 Å². The van der Waals surface area contributed by atoms with Crippen molar-refractivity contribution in [3.8, 4) is 10.6 Å². The first kappa shape index (κ1) is 19.7. The number of carbonyl (C=O) groups is 2. The number of amides is 2. The zero-order chi connectivity index (χ0) is 19.9. The Morgan fingerprint density at radius 3 is 2.71 bits per heavy atom. The zero-order valence-electron chi connectivity index (χ0n) is 15.9. The molecule has 7 heteroatoms. The number of anilines is 1. The van der Waals surface area contributed by atoms with Gasteiger partial charge in [-0.1, -0.05) is 12.1 Å². The van der Waals surface area contributed by atoms with Gasteiger partial charge in [-0.2, -0.15) is 0 Å². The molecule has 0 aliphatic carbocycles. The smallest absolute Gasteiger partial charge is 0.228 e. The second-order valence-electron chi connectivity index (χ2n) is 6.50. The number of benzene rings is 1. The Morgan fingerprint density at radius 1 is 1.18 bits per heavy atom. The topological polar surface area (TPSA) is 75.2 Å². The molecule has 3 rings (SSSR count).